The van der Waals surface area contributed by atoms with Crippen molar-refractivity contribution in [1.29, 1.82) is 0 Å². The zero-order valence-corrected chi connectivity index (χ0v) is 12.9. The fourth-order valence-electron chi connectivity index (χ4n) is 2.22. The second-order valence-electron chi connectivity index (χ2n) is 4.70. The van der Waals surface area contributed by atoms with Crippen LogP contribution in [0.15, 0.2) is 18.2 Å². The van der Waals surface area contributed by atoms with Crippen molar-refractivity contribution < 1.29 is 8.42 Å². The Morgan fingerprint density at radius 3 is 2.53 bits per heavy atom. The number of nitrogens with zero attached hydrogens (tertiary/aromatic N) is 1. The van der Waals surface area contributed by atoms with Gasteiger partial charge in [-0.05, 0) is 30.7 Å². The topological polar surface area (TPSA) is 49.4 Å². The van der Waals surface area contributed by atoms with Crippen molar-refractivity contribution >= 4 is 33.2 Å². The van der Waals surface area contributed by atoms with Gasteiger partial charge < -0.3 is 5.32 Å². The molecule has 19 heavy (non-hydrogen) atoms. The average Bonchev–Trinajstić information content (AvgIpc) is 2.26. The SMILES string of the molecule is CC1CNCCN1S(=O)(=O)Cc1cc(Cl)cc(Cl)c1. The Morgan fingerprint density at radius 2 is 1.95 bits per heavy atom. The van der Waals surface area contributed by atoms with Crippen LogP contribution in [0.2, 0.25) is 10.0 Å². The van der Waals surface area contributed by atoms with E-state index in [2.05, 4.69) is 5.32 Å². The predicted molar refractivity (Wildman–Crippen MR) is 78.1 cm³/mol. The third kappa shape index (κ3) is 3.83. The molecule has 0 amide bonds. The predicted octanol–water partition coefficient (Wildman–Crippen LogP) is 2.12. The van der Waals surface area contributed by atoms with Gasteiger partial charge in [0.15, 0.2) is 0 Å². The molecule has 2 rings (SSSR count). The first-order valence-corrected chi connectivity index (χ1v) is 8.40. The van der Waals surface area contributed by atoms with Crippen molar-refractivity contribution in [2.75, 3.05) is 19.6 Å². The van der Waals surface area contributed by atoms with Gasteiger partial charge in [-0.3, -0.25) is 0 Å². The van der Waals surface area contributed by atoms with E-state index in [-0.39, 0.29) is 11.8 Å². The number of rotatable bonds is 3. The van der Waals surface area contributed by atoms with Gasteiger partial charge in [0.25, 0.3) is 0 Å². The van der Waals surface area contributed by atoms with Crippen LogP contribution in [0.4, 0.5) is 0 Å². The van der Waals surface area contributed by atoms with Gasteiger partial charge in [0.2, 0.25) is 10.0 Å². The monoisotopic (exact) mass is 322 g/mol. The second-order valence-corrected chi connectivity index (χ2v) is 7.49. The number of sulfonamides is 1. The first kappa shape index (κ1) is 15.1. The van der Waals surface area contributed by atoms with E-state index in [9.17, 15) is 8.42 Å². The Labute approximate surface area is 123 Å². The summed E-state index contributed by atoms with van der Waals surface area (Å²) >= 11 is 11.8. The van der Waals surface area contributed by atoms with Crippen molar-refractivity contribution in [3.63, 3.8) is 0 Å². The molecule has 106 valence electrons. The van der Waals surface area contributed by atoms with Gasteiger partial charge in [-0.25, -0.2) is 8.42 Å². The fourth-order valence-corrected chi connectivity index (χ4v) is 4.54. The van der Waals surface area contributed by atoms with Gasteiger partial charge in [-0.15, -0.1) is 0 Å². The molecule has 1 aromatic carbocycles. The summed E-state index contributed by atoms with van der Waals surface area (Å²) in [5.74, 6) is -0.0718. The Kier molecular flexibility index (Phi) is 4.74. The number of halogens is 2. The maximum Gasteiger partial charge on any atom is 0.218 e. The number of hydrogen-bond donors (Lipinski definition) is 1. The lowest BCUT2D eigenvalue weighted by Crippen LogP contribution is -2.52. The second kappa shape index (κ2) is 5.97. The molecule has 1 fully saturated rings. The number of piperazine rings is 1. The summed E-state index contributed by atoms with van der Waals surface area (Å²) in [6.07, 6.45) is 0. The zero-order chi connectivity index (χ0) is 14.0. The van der Waals surface area contributed by atoms with Crippen LogP contribution >= 0.6 is 23.2 Å². The van der Waals surface area contributed by atoms with E-state index in [0.29, 0.717) is 35.2 Å². The maximum atomic E-state index is 12.4. The molecule has 7 heteroatoms. The van der Waals surface area contributed by atoms with Crippen LogP contribution in [-0.4, -0.2) is 38.4 Å². The number of benzene rings is 1. The van der Waals surface area contributed by atoms with E-state index >= 15 is 0 Å². The summed E-state index contributed by atoms with van der Waals surface area (Å²) in [5.41, 5.74) is 0.614. The molecule has 0 aliphatic carbocycles. The van der Waals surface area contributed by atoms with Crippen molar-refractivity contribution in [3.8, 4) is 0 Å². The summed E-state index contributed by atoms with van der Waals surface area (Å²) in [6, 6.07) is 4.83. The van der Waals surface area contributed by atoms with Gasteiger partial charge in [0.05, 0.1) is 5.75 Å². The largest absolute Gasteiger partial charge is 0.314 e. The molecule has 1 aliphatic heterocycles. The highest BCUT2D eigenvalue weighted by atomic mass is 35.5. The Bertz CT molecular complexity index is 543. The molecule has 1 saturated heterocycles. The summed E-state index contributed by atoms with van der Waals surface area (Å²) in [6.45, 7) is 3.75. The summed E-state index contributed by atoms with van der Waals surface area (Å²) in [5, 5.41) is 4.07. The van der Waals surface area contributed by atoms with Crippen LogP contribution in [0.1, 0.15) is 12.5 Å². The van der Waals surface area contributed by atoms with Gasteiger partial charge in [-0.1, -0.05) is 23.2 Å². The molecular weight excluding hydrogens is 307 g/mol. The van der Waals surface area contributed by atoms with Crippen LogP contribution in [0.3, 0.4) is 0 Å². The van der Waals surface area contributed by atoms with E-state index in [1.54, 1.807) is 18.2 Å². The van der Waals surface area contributed by atoms with Crippen LogP contribution in [0.25, 0.3) is 0 Å². The molecule has 1 aromatic rings. The van der Waals surface area contributed by atoms with E-state index in [4.69, 9.17) is 23.2 Å². The molecule has 1 aliphatic rings. The maximum absolute atomic E-state index is 12.4. The summed E-state index contributed by atoms with van der Waals surface area (Å²) in [7, 11) is -3.34. The molecule has 1 heterocycles. The van der Waals surface area contributed by atoms with E-state index in [1.807, 2.05) is 6.92 Å². The highest BCUT2D eigenvalue weighted by Gasteiger charge is 2.29. The lowest BCUT2D eigenvalue weighted by Gasteiger charge is -2.32. The minimum Gasteiger partial charge on any atom is -0.314 e. The van der Waals surface area contributed by atoms with Crippen molar-refractivity contribution in [3.05, 3.63) is 33.8 Å². The van der Waals surface area contributed by atoms with Crippen molar-refractivity contribution in [2.24, 2.45) is 0 Å². The lowest BCUT2D eigenvalue weighted by atomic mass is 10.2. The Hall–Kier alpha value is -0.330. The smallest absolute Gasteiger partial charge is 0.218 e. The van der Waals surface area contributed by atoms with Crippen LogP contribution < -0.4 is 5.32 Å². The molecule has 0 saturated carbocycles. The molecule has 4 nitrogen and oxygen atoms in total. The number of hydrogen-bond acceptors (Lipinski definition) is 3. The Morgan fingerprint density at radius 1 is 1.32 bits per heavy atom. The fraction of sp³-hybridized carbons (Fsp3) is 0.500. The average molecular weight is 323 g/mol. The standard InChI is InChI=1S/C12H16Cl2N2O2S/c1-9-7-15-2-3-16(9)19(17,18)8-10-4-11(13)6-12(14)5-10/h4-6,9,15H,2-3,7-8H2,1H3. The lowest BCUT2D eigenvalue weighted by molar-refractivity contribution is 0.283. The highest BCUT2D eigenvalue weighted by Crippen LogP contribution is 2.22. The van der Waals surface area contributed by atoms with Crippen molar-refractivity contribution in [2.45, 2.75) is 18.7 Å². The molecule has 1 N–H and O–H groups in total. The highest BCUT2D eigenvalue weighted by molar-refractivity contribution is 7.88. The first-order chi connectivity index (χ1) is 8.88. The molecule has 1 atom stereocenters. The molecular formula is C12H16Cl2N2O2S. The van der Waals surface area contributed by atoms with E-state index < -0.39 is 10.0 Å². The minimum atomic E-state index is -3.34. The Balaban J connectivity index is 2.20. The number of nitrogens with one attached hydrogen (secondary N) is 1. The summed E-state index contributed by atoms with van der Waals surface area (Å²) < 4.78 is 26.3. The molecule has 0 radical (unpaired) electrons. The third-order valence-corrected chi connectivity index (χ3v) is 5.46. The van der Waals surface area contributed by atoms with Gasteiger partial charge >= 0.3 is 0 Å². The molecule has 1 unspecified atom stereocenters. The van der Waals surface area contributed by atoms with Gasteiger partial charge in [-0.2, -0.15) is 4.31 Å². The molecule has 0 aromatic heterocycles. The first-order valence-electron chi connectivity index (χ1n) is 6.04. The third-order valence-electron chi connectivity index (χ3n) is 3.07. The normalized spacial score (nSPS) is 21.5. The molecule has 0 spiro atoms. The van der Waals surface area contributed by atoms with Crippen LogP contribution in [-0.2, 0) is 15.8 Å². The zero-order valence-electron chi connectivity index (χ0n) is 10.6. The van der Waals surface area contributed by atoms with E-state index in [0.717, 1.165) is 0 Å². The van der Waals surface area contributed by atoms with Gasteiger partial charge in [0, 0.05) is 35.7 Å². The van der Waals surface area contributed by atoms with Crippen LogP contribution in [0, 0.1) is 0 Å². The van der Waals surface area contributed by atoms with Crippen molar-refractivity contribution in [1.82, 2.24) is 9.62 Å². The van der Waals surface area contributed by atoms with Gasteiger partial charge in [0.1, 0.15) is 0 Å². The van der Waals surface area contributed by atoms with E-state index in [1.165, 1.54) is 4.31 Å². The molecule has 0 bridgehead atoms. The quantitative estimate of drug-likeness (QED) is 0.927. The summed E-state index contributed by atoms with van der Waals surface area (Å²) in [4.78, 5) is 0. The minimum absolute atomic E-state index is 0.0339. The van der Waals surface area contributed by atoms with Crippen LogP contribution in [0.5, 0.6) is 0 Å².